The summed E-state index contributed by atoms with van der Waals surface area (Å²) in [6.07, 6.45) is 0. The molecule has 0 aromatic carbocycles. The summed E-state index contributed by atoms with van der Waals surface area (Å²) in [6.45, 7) is 31.3. The van der Waals surface area contributed by atoms with E-state index in [1.807, 2.05) is 0 Å². The Kier molecular flexibility index (Phi) is 7.01. The van der Waals surface area contributed by atoms with Crippen molar-refractivity contribution in [3.8, 4) is 0 Å². The van der Waals surface area contributed by atoms with Crippen LogP contribution in [0.3, 0.4) is 0 Å². The van der Waals surface area contributed by atoms with Gasteiger partial charge in [-0.1, -0.05) is 79.6 Å². The summed E-state index contributed by atoms with van der Waals surface area (Å²) in [4.78, 5) is 4.10. The molecule has 0 amide bonds. The topological polar surface area (TPSA) is 12.0 Å². The van der Waals surface area contributed by atoms with Crippen molar-refractivity contribution in [1.82, 2.24) is 4.98 Å². The third-order valence-corrected chi connectivity index (χ3v) is 8.81. The molecule has 0 spiro atoms. The van der Waals surface area contributed by atoms with E-state index in [-0.39, 0.29) is 5.54 Å². The minimum absolute atomic E-state index is 0.165. The Hall–Kier alpha value is -0.343. The first-order valence-corrected chi connectivity index (χ1v) is 13.5. The molecule has 0 unspecified atom stereocenters. The number of hydrogen-bond acceptors (Lipinski definition) is 1. The lowest BCUT2D eigenvalue weighted by Crippen LogP contribution is -2.58. The van der Waals surface area contributed by atoms with Crippen molar-refractivity contribution in [2.75, 3.05) is 0 Å². The van der Waals surface area contributed by atoms with Gasteiger partial charge in [0.1, 0.15) is 8.24 Å². The summed E-state index contributed by atoms with van der Waals surface area (Å²) in [7, 11) is -1.70. The van der Waals surface area contributed by atoms with E-state index in [0.29, 0.717) is 29.2 Å². The fourth-order valence-electron chi connectivity index (χ4n) is 5.18. The van der Waals surface area contributed by atoms with E-state index in [0.717, 1.165) is 0 Å². The van der Waals surface area contributed by atoms with Crippen molar-refractivity contribution in [1.29, 1.82) is 0 Å². The Balaban J connectivity index is 3.75. The molecular weight excluding hydrogens is 318 g/mol. The monoisotopic (exact) mass is 363 g/mol. The quantitative estimate of drug-likeness (QED) is 0.493. The molecule has 1 N–H and O–H groups in total. The Labute approximate surface area is 159 Å². The first kappa shape index (κ1) is 22.7. The van der Waals surface area contributed by atoms with Crippen molar-refractivity contribution in [2.45, 2.75) is 100 Å². The summed E-state index contributed by atoms with van der Waals surface area (Å²) < 4.78 is 0. The number of hydrogen-bond donors (Lipinski definition) is 1. The van der Waals surface area contributed by atoms with Crippen LogP contribution in [0, 0.1) is 23.7 Å². The van der Waals surface area contributed by atoms with E-state index in [9.17, 15) is 0 Å². The maximum absolute atomic E-state index is 4.10. The van der Waals surface area contributed by atoms with Gasteiger partial charge in [0.05, 0.1) is 0 Å². The molecule has 0 saturated heterocycles. The van der Waals surface area contributed by atoms with Crippen molar-refractivity contribution in [2.24, 2.45) is 23.7 Å². The molecule has 1 nitrogen and oxygen atoms in total. The van der Waals surface area contributed by atoms with Crippen LogP contribution in [0.15, 0.2) is 22.3 Å². The van der Waals surface area contributed by atoms with Gasteiger partial charge in [0.15, 0.2) is 0 Å². The standard InChI is InChI=1S/C23H45NSi/c1-14(2)18-19(15(3)4)21(17(7)8)22(20(18)16(5)6)25(12,13)24-23(9,10)11/h14-17,22,24H,1-13H3. The average molecular weight is 364 g/mol. The molecule has 0 fully saturated rings. The molecule has 0 bridgehead atoms. The van der Waals surface area contributed by atoms with Gasteiger partial charge in [0.25, 0.3) is 0 Å². The molecule has 0 aromatic heterocycles. The lowest BCUT2D eigenvalue weighted by Gasteiger charge is -2.42. The highest BCUT2D eigenvalue weighted by molar-refractivity contribution is 6.78. The van der Waals surface area contributed by atoms with Gasteiger partial charge in [-0.25, -0.2) is 0 Å². The van der Waals surface area contributed by atoms with E-state index in [1.54, 1.807) is 22.3 Å². The van der Waals surface area contributed by atoms with Crippen molar-refractivity contribution in [3.63, 3.8) is 0 Å². The highest BCUT2D eigenvalue weighted by atomic mass is 28.3. The zero-order chi connectivity index (χ0) is 19.9. The van der Waals surface area contributed by atoms with Gasteiger partial charge in [-0.05, 0) is 55.6 Å². The van der Waals surface area contributed by atoms with Crippen LogP contribution < -0.4 is 4.98 Å². The molecule has 1 rings (SSSR count). The van der Waals surface area contributed by atoms with Crippen molar-refractivity contribution in [3.05, 3.63) is 22.3 Å². The Morgan fingerprint density at radius 3 is 1.20 bits per heavy atom. The lowest BCUT2D eigenvalue weighted by molar-refractivity contribution is 0.505. The van der Waals surface area contributed by atoms with Crippen LogP contribution in [0.2, 0.25) is 18.6 Å². The highest BCUT2D eigenvalue weighted by Crippen LogP contribution is 2.55. The largest absolute Gasteiger partial charge is 0.332 e. The van der Waals surface area contributed by atoms with E-state index in [2.05, 4.69) is 94.2 Å². The average Bonchev–Trinajstić information content (AvgIpc) is 2.72. The van der Waals surface area contributed by atoms with Gasteiger partial charge < -0.3 is 4.98 Å². The highest BCUT2D eigenvalue weighted by Gasteiger charge is 2.47. The van der Waals surface area contributed by atoms with E-state index in [1.165, 1.54) is 0 Å². The molecule has 0 aliphatic heterocycles. The van der Waals surface area contributed by atoms with Crippen molar-refractivity contribution >= 4 is 8.24 Å². The van der Waals surface area contributed by atoms with Gasteiger partial charge in [-0.3, -0.25) is 0 Å². The van der Waals surface area contributed by atoms with E-state index in [4.69, 9.17) is 0 Å². The van der Waals surface area contributed by atoms with Gasteiger partial charge in [0, 0.05) is 11.1 Å². The minimum atomic E-state index is -1.70. The minimum Gasteiger partial charge on any atom is -0.332 e. The molecule has 0 aromatic rings. The molecule has 0 saturated carbocycles. The number of rotatable bonds is 6. The first-order chi connectivity index (χ1) is 11.1. The number of allylic oxidation sites excluding steroid dienone is 4. The van der Waals surface area contributed by atoms with Crippen LogP contribution in [-0.2, 0) is 0 Å². The van der Waals surface area contributed by atoms with Crippen LogP contribution in [0.4, 0.5) is 0 Å². The first-order valence-electron chi connectivity index (χ1n) is 10.4. The van der Waals surface area contributed by atoms with Crippen LogP contribution in [0.25, 0.3) is 0 Å². The molecule has 0 heterocycles. The Morgan fingerprint density at radius 2 is 1.00 bits per heavy atom. The van der Waals surface area contributed by atoms with Gasteiger partial charge in [-0.2, -0.15) is 0 Å². The van der Waals surface area contributed by atoms with E-state index >= 15 is 0 Å². The van der Waals surface area contributed by atoms with Crippen molar-refractivity contribution < 1.29 is 0 Å². The van der Waals surface area contributed by atoms with Crippen LogP contribution >= 0.6 is 0 Å². The predicted molar refractivity (Wildman–Crippen MR) is 118 cm³/mol. The zero-order valence-corrected chi connectivity index (χ0v) is 20.4. The normalized spacial score (nSPS) is 18.1. The summed E-state index contributed by atoms with van der Waals surface area (Å²) in [5, 5.41) is 0. The second kappa shape index (κ2) is 7.72. The molecular formula is C23H45NSi. The Morgan fingerprint density at radius 1 is 0.680 bits per heavy atom. The number of nitrogens with one attached hydrogen (secondary N) is 1. The molecule has 146 valence electrons. The van der Waals surface area contributed by atoms with Gasteiger partial charge in [0.2, 0.25) is 0 Å². The van der Waals surface area contributed by atoms with Crippen LogP contribution in [0.1, 0.15) is 76.2 Å². The summed E-state index contributed by atoms with van der Waals surface area (Å²) in [6, 6.07) is 0. The second-order valence-electron chi connectivity index (χ2n) is 10.9. The molecule has 0 radical (unpaired) electrons. The SMILES string of the molecule is CC(C)C1=C(C(C)C)C([Si](C)(C)NC(C)(C)C)C(C(C)C)=C1C(C)C. The molecule has 25 heavy (non-hydrogen) atoms. The smallest absolute Gasteiger partial charge is 0.131 e. The molecule has 0 atom stereocenters. The third-order valence-electron chi connectivity index (χ3n) is 5.35. The summed E-state index contributed by atoms with van der Waals surface area (Å²) in [5.74, 6) is 2.43. The van der Waals surface area contributed by atoms with Crippen LogP contribution in [-0.4, -0.2) is 13.8 Å². The lowest BCUT2D eigenvalue weighted by atomic mass is 9.84. The fraction of sp³-hybridized carbons (Fsp3) is 0.826. The van der Waals surface area contributed by atoms with E-state index < -0.39 is 8.24 Å². The third kappa shape index (κ3) is 4.89. The molecule has 2 heteroatoms. The summed E-state index contributed by atoms with van der Waals surface area (Å²) >= 11 is 0. The maximum atomic E-state index is 4.10. The zero-order valence-electron chi connectivity index (χ0n) is 19.4. The van der Waals surface area contributed by atoms with Gasteiger partial charge >= 0.3 is 0 Å². The summed E-state index contributed by atoms with van der Waals surface area (Å²) in [5.41, 5.74) is 7.66. The molecule has 1 aliphatic carbocycles. The second-order valence-corrected chi connectivity index (χ2v) is 15.2. The Bertz CT molecular complexity index is 503. The van der Waals surface area contributed by atoms with Crippen LogP contribution in [0.5, 0.6) is 0 Å². The van der Waals surface area contributed by atoms with Gasteiger partial charge in [-0.15, -0.1) is 0 Å². The molecule has 1 aliphatic rings. The fourth-order valence-corrected chi connectivity index (χ4v) is 9.79. The maximum Gasteiger partial charge on any atom is 0.131 e. The predicted octanol–water partition coefficient (Wildman–Crippen LogP) is 7.18.